The van der Waals surface area contributed by atoms with Crippen molar-refractivity contribution < 1.29 is 9.53 Å². The molecule has 0 aromatic heterocycles. The smallest absolute Gasteiger partial charge is 0.319 e. The highest BCUT2D eigenvalue weighted by molar-refractivity contribution is 5.90. The third kappa shape index (κ3) is 3.23. The third-order valence-electron chi connectivity index (χ3n) is 3.24. The Morgan fingerprint density at radius 2 is 2.17 bits per heavy atom. The second-order valence-corrected chi connectivity index (χ2v) is 4.52. The number of nitrogens with one attached hydrogen (secondary N) is 2. The predicted octanol–water partition coefficient (Wildman–Crippen LogP) is 2.33. The van der Waals surface area contributed by atoms with Crippen molar-refractivity contribution in [2.75, 3.05) is 25.6 Å². The highest BCUT2D eigenvalue weighted by Crippen LogP contribution is 2.27. The van der Waals surface area contributed by atoms with Gasteiger partial charge in [0, 0.05) is 19.3 Å². The van der Waals surface area contributed by atoms with Crippen LogP contribution >= 0.6 is 0 Å². The number of benzene rings is 1. The van der Waals surface area contributed by atoms with Gasteiger partial charge in [0.15, 0.2) is 0 Å². The minimum Gasteiger partial charge on any atom is -0.383 e. The molecule has 0 aliphatic heterocycles. The SMILES string of the molecule is COCCNC(=O)Nc1cccc2c1CCCC2. The third-order valence-corrected chi connectivity index (χ3v) is 3.24. The summed E-state index contributed by atoms with van der Waals surface area (Å²) >= 11 is 0. The Morgan fingerprint density at radius 1 is 1.33 bits per heavy atom. The van der Waals surface area contributed by atoms with Crippen molar-refractivity contribution in [1.82, 2.24) is 5.32 Å². The Bertz CT molecular complexity index is 418. The number of methoxy groups -OCH3 is 1. The second-order valence-electron chi connectivity index (χ2n) is 4.52. The molecule has 2 N–H and O–H groups in total. The molecule has 1 aromatic carbocycles. The van der Waals surface area contributed by atoms with Crippen LogP contribution in [0.1, 0.15) is 24.0 Å². The summed E-state index contributed by atoms with van der Waals surface area (Å²) < 4.78 is 4.89. The molecule has 1 aliphatic carbocycles. The van der Waals surface area contributed by atoms with Crippen LogP contribution in [0.5, 0.6) is 0 Å². The summed E-state index contributed by atoms with van der Waals surface area (Å²) in [6.07, 6.45) is 4.63. The number of ether oxygens (including phenoxy) is 1. The van der Waals surface area contributed by atoms with Crippen LogP contribution in [-0.2, 0) is 17.6 Å². The molecule has 0 radical (unpaired) electrons. The first-order valence-electron chi connectivity index (χ1n) is 6.46. The van der Waals surface area contributed by atoms with E-state index in [-0.39, 0.29) is 6.03 Å². The largest absolute Gasteiger partial charge is 0.383 e. The van der Waals surface area contributed by atoms with Crippen LogP contribution in [0.4, 0.5) is 10.5 Å². The standard InChI is InChI=1S/C14H20N2O2/c1-18-10-9-15-14(17)16-13-8-4-6-11-5-2-3-7-12(11)13/h4,6,8H,2-3,5,7,9-10H2,1H3,(H2,15,16,17). The lowest BCUT2D eigenvalue weighted by Gasteiger charge is -2.19. The molecule has 2 amide bonds. The van der Waals surface area contributed by atoms with Crippen LogP contribution in [0.3, 0.4) is 0 Å². The molecule has 0 atom stereocenters. The van der Waals surface area contributed by atoms with Gasteiger partial charge in [-0.2, -0.15) is 0 Å². The molecule has 4 nitrogen and oxygen atoms in total. The Hall–Kier alpha value is -1.55. The lowest BCUT2D eigenvalue weighted by molar-refractivity contribution is 0.198. The van der Waals surface area contributed by atoms with E-state index in [1.54, 1.807) is 7.11 Å². The van der Waals surface area contributed by atoms with Crippen LogP contribution < -0.4 is 10.6 Å². The minimum atomic E-state index is -0.161. The second kappa shape index (κ2) is 6.40. The zero-order chi connectivity index (χ0) is 12.8. The van der Waals surface area contributed by atoms with Crippen LogP contribution in [0.25, 0.3) is 0 Å². The number of aryl methyl sites for hydroxylation is 1. The molecule has 4 heteroatoms. The van der Waals surface area contributed by atoms with Gasteiger partial charge in [0.25, 0.3) is 0 Å². The highest BCUT2D eigenvalue weighted by atomic mass is 16.5. The molecule has 0 unspecified atom stereocenters. The molecule has 1 aromatic rings. The van der Waals surface area contributed by atoms with Gasteiger partial charge in [-0.15, -0.1) is 0 Å². The molecule has 98 valence electrons. The lowest BCUT2D eigenvalue weighted by atomic mass is 9.90. The van der Waals surface area contributed by atoms with Gasteiger partial charge in [0.1, 0.15) is 0 Å². The highest BCUT2D eigenvalue weighted by Gasteiger charge is 2.13. The summed E-state index contributed by atoms with van der Waals surface area (Å²) in [5, 5.41) is 5.69. The van der Waals surface area contributed by atoms with Crippen molar-refractivity contribution in [3.8, 4) is 0 Å². The van der Waals surface area contributed by atoms with Gasteiger partial charge in [0.2, 0.25) is 0 Å². The van der Waals surface area contributed by atoms with Crippen LogP contribution in [0.2, 0.25) is 0 Å². The minimum absolute atomic E-state index is 0.161. The summed E-state index contributed by atoms with van der Waals surface area (Å²) in [6, 6.07) is 5.98. The number of amides is 2. The molecule has 0 heterocycles. The number of fused-ring (bicyclic) bond motifs is 1. The van der Waals surface area contributed by atoms with E-state index in [2.05, 4.69) is 16.7 Å². The molecule has 18 heavy (non-hydrogen) atoms. The Kier molecular flexibility index (Phi) is 4.59. The van der Waals surface area contributed by atoms with Gasteiger partial charge in [-0.25, -0.2) is 4.79 Å². The van der Waals surface area contributed by atoms with E-state index in [0.717, 1.165) is 18.5 Å². The van der Waals surface area contributed by atoms with E-state index in [4.69, 9.17) is 4.74 Å². The zero-order valence-electron chi connectivity index (χ0n) is 10.8. The fourth-order valence-corrected chi connectivity index (χ4v) is 2.33. The van der Waals surface area contributed by atoms with Gasteiger partial charge in [0.05, 0.1) is 6.61 Å². The fourth-order valence-electron chi connectivity index (χ4n) is 2.33. The fraction of sp³-hybridized carbons (Fsp3) is 0.500. The summed E-state index contributed by atoms with van der Waals surface area (Å²) in [6.45, 7) is 1.05. The van der Waals surface area contributed by atoms with Gasteiger partial charge < -0.3 is 15.4 Å². The van der Waals surface area contributed by atoms with E-state index in [0.29, 0.717) is 13.2 Å². The van der Waals surface area contributed by atoms with Crippen molar-refractivity contribution in [1.29, 1.82) is 0 Å². The molecule has 0 spiro atoms. The van der Waals surface area contributed by atoms with Crippen molar-refractivity contribution >= 4 is 11.7 Å². The molecule has 0 saturated carbocycles. The Labute approximate surface area is 108 Å². The summed E-state index contributed by atoms with van der Waals surface area (Å²) in [5.41, 5.74) is 3.61. The number of carbonyl (C=O) groups is 1. The summed E-state index contributed by atoms with van der Waals surface area (Å²) in [4.78, 5) is 11.7. The average Bonchev–Trinajstić information content (AvgIpc) is 2.39. The summed E-state index contributed by atoms with van der Waals surface area (Å²) in [7, 11) is 1.62. The first-order valence-corrected chi connectivity index (χ1v) is 6.46. The molecule has 1 aliphatic rings. The Balaban J connectivity index is 1.98. The van der Waals surface area contributed by atoms with Gasteiger partial charge in [-0.05, 0) is 42.9 Å². The first-order chi connectivity index (χ1) is 8.81. The van der Waals surface area contributed by atoms with E-state index in [1.165, 1.54) is 24.0 Å². The van der Waals surface area contributed by atoms with Crippen LogP contribution in [-0.4, -0.2) is 26.3 Å². The number of hydrogen-bond acceptors (Lipinski definition) is 2. The molecule has 0 saturated heterocycles. The predicted molar refractivity (Wildman–Crippen MR) is 72.0 cm³/mol. The zero-order valence-corrected chi connectivity index (χ0v) is 10.8. The molecular weight excluding hydrogens is 228 g/mol. The molecule has 0 bridgehead atoms. The van der Waals surface area contributed by atoms with Crippen molar-refractivity contribution in [3.63, 3.8) is 0 Å². The van der Waals surface area contributed by atoms with Crippen molar-refractivity contribution in [3.05, 3.63) is 29.3 Å². The van der Waals surface area contributed by atoms with Gasteiger partial charge in [-0.3, -0.25) is 0 Å². The molecule has 0 fully saturated rings. The topological polar surface area (TPSA) is 50.4 Å². The maximum atomic E-state index is 11.7. The quantitative estimate of drug-likeness (QED) is 0.803. The van der Waals surface area contributed by atoms with Crippen molar-refractivity contribution in [2.45, 2.75) is 25.7 Å². The number of rotatable bonds is 4. The lowest BCUT2D eigenvalue weighted by Crippen LogP contribution is -2.31. The van der Waals surface area contributed by atoms with Crippen LogP contribution in [0.15, 0.2) is 18.2 Å². The number of carbonyl (C=O) groups excluding carboxylic acids is 1. The van der Waals surface area contributed by atoms with E-state index in [1.807, 2.05) is 12.1 Å². The molecule has 2 rings (SSSR count). The summed E-state index contributed by atoms with van der Waals surface area (Å²) in [5.74, 6) is 0. The average molecular weight is 248 g/mol. The van der Waals surface area contributed by atoms with E-state index in [9.17, 15) is 4.79 Å². The maximum absolute atomic E-state index is 11.7. The van der Waals surface area contributed by atoms with E-state index >= 15 is 0 Å². The normalized spacial score (nSPS) is 13.8. The number of urea groups is 1. The van der Waals surface area contributed by atoms with Crippen LogP contribution in [0, 0.1) is 0 Å². The van der Waals surface area contributed by atoms with Crippen molar-refractivity contribution in [2.24, 2.45) is 0 Å². The monoisotopic (exact) mass is 248 g/mol. The first kappa shape index (κ1) is 12.9. The number of anilines is 1. The van der Waals surface area contributed by atoms with Gasteiger partial charge in [-0.1, -0.05) is 12.1 Å². The molecular formula is C14H20N2O2. The maximum Gasteiger partial charge on any atom is 0.319 e. The Morgan fingerprint density at radius 3 is 3.00 bits per heavy atom. The van der Waals surface area contributed by atoms with E-state index < -0.39 is 0 Å². The van der Waals surface area contributed by atoms with Gasteiger partial charge >= 0.3 is 6.03 Å². The number of hydrogen-bond donors (Lipinski definition) is 2.